The number of amides is 1. The van der Waals surface area contributed by atoms with Crippen LogP contribution in [0.1, 0.15) is 31.5 Å². The SMILES string of the molecule is Cc1ncc(-c2ccc3cnc(NC(=O)CN4CCC5(CC4)CC5)cc3c2)n1C. The first-order chi connectivity index (χ1) is 14.0. The smallest absolute Gasteiger partial charge is 0.239 e. The number of hydrogen-bond donors (Lipinski definition) is 1. The van der Waals surface area contributed by atoms with E-state index in [1.54, 1.807) is 0 Å². The lowest BCUT2D eigenvalue weighted by atomic mass is 9.94. The molecule has 1 aliphatic carbocycles. The predicted octanol–water partition coefficient (Wildman–Crippen LogP) is 3.76. The van der Waals surface area contributed by atoms with Crippen LogP contribution in [0.4, 0.5) is 5.82 Å². The third-order valence-corrected chi connectivity index (χ3v) is 6.75. The normalized spacial score (nSPS) is 18.3. The van der Waals surface area contributed by atoms with E-state index in [9.17, 15) is 4.79 Å². The summed E-state index contributed by atoms with van der Waals surface area (Å²) in [5.74, 6) is 1.60. The maximum absolute atomic E-state index is 12.5. The fourth-order valence-corrected chi connectivity index (χ4v) is 4.39. The summed E-state index contributed by atoms with van der Waals surface area (Å²) in [5.41, 5.74) is 2.81. The largest absolute Gasteiger partial charge is 0.331 e. The van der Waals surface area contributed by atoms with Gasteiger partial charge in [-0.25, -0.2) is 9.97 Å². The van der Waals surface area contributed by atoms with Crippen molar-refractivity contribution in [2.24, 2.45) is 12.5 Å². The molecule has 6 heteroatoms. The molecule has 0 radical (unpaired) electrons. The highest BCUT2D eigenvalue weighted by molar-refractivity contribution is 5.94. The second-order valence-corrected chi connectivity index (χ2v) is 8.71. The average molecular weight is 390 g/mol. The highest BCUT2D eigenvalue weighted by atomic mass is 16.2. The van der Waals surface area contributed by atoms with Crippen LogP contribution in [0, 0.1) is 12.3 Å². The Labute approximate surface area is 171 Å². The van der Waals surface area contributed by atoms with Crippen LogP contribution < -0.4 is 5.32 Å². The Morgan fingerprint density at radius 3 is 2.55 bits per heavy atom. The van der Waals surface area contributed by atoms with E-state index in [0.29, 0.717) is 17.8 Å². The van der Waals surface area contributed by atoms with Crippen molar-refractivity contribution in [3.8, 4) is 11.3 Å². The molecule has 2 fully saturated rings. The molecule has 0 atom stereocenters. The van der Waals surface area contributed by atoms with Crippen LogP contribution in [0.5, 0.6) is 0 Å². The molecule has 1 saturated carbocycles. The molecular formula is C23H27N5O. The van der Waals surface area contributed by atoms with E-state index in [4.69, 9.17) is 0 Å². The molecule has 150 valence electrons. The second-order valence-electron chi connectivity index (χ2n) is 8.71. The highest BCUT2D eigenvalue weighted by Crippen LogP contribution is 2.53. The number of fused-ring (bicyclic) bond motifs is 1. The van der Waals surface area contributed by atoms with Crippen LogP contribution in [0.15, 0.2) is 36.7 Å². The summed E-state index contributed by atoms with van der Waals surface area (Å²) in [6.45, 7) is 4.51. The van der Waals surface area contributed by atoms with Gasteiger partial charge in [-0.05, 0) is 68.6 Å². The van der Waals surface area contributed by atoms with Crippen molar-refractivity contribution >= 4 is 22.5 Å². The van der Waals surface area contributed by atoms with Gasteiger partial charge in [-0.1, -0.05) is 12.1 Å². The molecule has 1 aromatic carbocycles. The first kappa shape index (κ1) is 18.3. The molecule has 0 bridgehead atoms. The van der Waals surface area contributed by atoms with Gasteiger partial charge in [-0.15, -0.1) is 0 Å². The minimum absolute atomic E-state index is 0.0158. The van der Waals surface area contributed by atoms with Crippen molar-refractivity contribution in [3.05, 3.63) is 42.5 Å². The van der Waals surface area contributed by atoms with Gasteiger partial charge in [0, 0.05) is 24.2 Å². The quantitative estimate of drug-likeness (QED) is 0.738. The minimum Gasteiger partial charge on any atom is -0.331 e. The summed E-state index contributed by atoms with van der Waals surface area (Å²) in [5, 5.41) is 5.09. The number of likely N-dealkylation sites (tertiary alicyclic amines) is 1. The van der Waals surface area contributed by atoms with E-state index < -0.39 is 0 Å². The third-order valence-electron chi connectivity index (χ3n) is 6.75. The summed E-state index contributed by atoms with van der Waals surface area (Å²) < 4.78 is 2.08. The number of nitrogens with one attached hydrogen (secondary N) is 1. The Hall–Kier alpha value is -2.73. The number of hydrogen-bond acceptors (Lipinski definition) is 4. The Morgan fingerprint density at radius 1 is 1.07 bits per heavy atom. The minimum atomic E-state index is 0.0158. The van der Waals surface area contributed by atoms with Gasteiger partial charge in [0.2, 0.25) is 5.91 Å². The molecule has 1 N–H and O–H groups in total. The van der Waals surface area contributed by atoms with Gasteiger partial charge >= 0.3 is 0 Å². The van der Waals surface area contributed by atoms with E-state index >= 15 is 0 Å². The molecule has 1 aliphatic heterocycles. The number of piperidine rings is 1. The number of carbonyl (C=O) groups is 1. The van der Waals surface area contributed by atoms with Crippen LogP contribution in [-0.4, -0.2) is 45.0 Å². The van der Waals surface area contributed by atoms with Crippen molar-refractivity contribution in [3.63, 3.8) is 0 Å². The zero-order chi connectivity index (χ0) is 20.0. The third kappa shape index (κ3) is 3.65. The van der Waals surface area contributed by atoms with E-state index in [-0.39, 0.29) is 5.91 Å². The molecule has 3 heterocycles. The molecule has 0 unspecified atom stereocenters. The Morgan fingerprint density at radius 2 is 1.86 bits per heavy atom. The number of anilines is 1. The Balaban J connectivity index is 1.29. The summed E-state index contributed by atoms with van der Waals surface area (Å²) in [6, 6.07) is 8.23. The highest BCUT2D eigenvalue weighted by Gasteiger charge is 2.44. The van der Waals surface area contributed by atoms with Crippen molar-refractivity contribution in [1.29, 1.82) is 0 Å². The zero-order valence-corrected chi connectivity index (χ0v) is 17.1. The first-order valence-corrected chi connectivity index (χ1v) is 10.4. The van der Waals surface area contributed by atoms with Crippen LogP contribution in [0.2, 0.25) is 0 Å². The zero-order valence-electron chi connectivity index (χ0n) is 17.1. The van der Waals surface area contributed by atoms with Crippen molar-refractivity contribution in [2.45, 2.75) is 32.6 Å². The van der Waals surface area contributed by atoms with E-state index in [1.165, 1.54) is 25.7 Å². The lowest BCUT2D eigenvalue weighted by Gasteiger charge is -2.31. The number of aromatic nitrogens is 3. The molecule has 5 rings (SSSR count). The molecular weight excluding hydrogens is 362 g/mol. The topological polar surface area (TPSA) is 63.1 Å². The van der Waals surface area contributed by atoms with Gasteiger partial charge in [0.1, 0.15) is 11.6 Å². The van der Waals surface area contributed by atoms with E-state index in [2.05, 4.69) is 43.0 Å². The van der Waals surface area contributed by atoms with E-state index in [0.717, 1.165) is 40.9 Å². The van der Waals surface area contributed by atoms with Gasteiger partial charge in [-0.3, -0.25) is 9.69 Å². The first-order valence-electron chi connectivity index (χ1n) is 10.4. The number of pyridine rings is 1. The fraction of sp³-hybridized carbons (Fsp3) is 0.435. The van der Waals surface area contributed by atoms with Gasteiger partial charge in [0.05, 0.1) is 18.4 Å². The summed E-state index contributed by atoms with van der Waals surface area (Å²) in [6.07, 6.45) is 8.96. The van der Waals surface area contributed by atoms with Crippen LogP contribution in [0.3, 0.4) is 0 Å². The predicted molar refractivity (Wildman–Crippen MR) is 115 cm³/mol. The Bertz CT molecular complexity index is 1070. The van der Waals surface area contributed by atoms with Crippen LogP contribution in [-0.2, 0) is 11.8 Å². The number of carbonyl (C=O) groups excluding carboxylic acids is 1. The molecule has 2 aliphatic rings. The van der Waals surface area contributed by atoms with Crippen molar-refractivity contribution in [1.82, 2.24) is 19.4 Å². The van der Waals surface area contributed by atoms with Gasteiger partial charge < -0.3 is 9.88 Å². The lowest BCUT2D eigenvalue weighted by molar-refractivity contribution is -0.117. The molecule has 1 amide bonds. The molecule has 1 saturated heterocycles. The number of nitrogens with zero attached hydrogens (tertiary/aromatic N) is 4. The molecule has 3 aromatic rings. The number of aryl methyl sites for hydroxylation is 1. The molecule has 6 nitrogen and oxygen atoms in total. The summed E-state index contributed by atoms with van der Waals surface area (Å²) in [4.78, 5) is 23.6. The van der Waals surface area contributed by atoms with E-state index in [1.807, 2.05) is 32.4 Å². The maximum atomic E-state index is 12.5. The molecule has 1 spiro atoms. The van der Waals surface area contributed by atoms with Crippen molar-refractivity contribution < 1.29 is 4.79 Å². The monoisotopic (exact) mass is 389 g/mol. The number of rotatable bonds is 4. The number of imidazole rings is 1. The second kappa shape index (κ2) is 6.95. The molecule has 29 heavy (non-hydrogen) atoms. The Kier molecular flexibility index (Phi) is 4.39. The van der Waals surface area contributed by atoms with Crippen LogP contribution in [0.25, 0.3) is 22.0 Å². The van der Waals surface area contributed by atoms with Gasteiger partial charge in [0.15, 0.2) is 0 Å². The number of benzene rings is 1. The van der Waals surface area contributed by atoms with Crippen molar-refractivity contribution in [2.75, 3.05) is 25.0 Å². The standard InChI is InChI=1S/C23H27N5O/c1-16-24-14-20(27(16)2)17-3-4-18-13-25-21(12-19(18)11-17)26-22(29)15-28-9-7-23(5-6-23)8-10-28/h3-4,11-14H,5-10,15H2,1-2H3,(H,25,26,29). The molecule has 2 aromatic heterocycles. The van der Waals surface area contributed by atoms with Crippen LogP contribution >= 0.6 is 0 Å². The van der Waals surface area contributed by atoms with Gasteiger partial charge in [-0.2, -0.15) is 0 Å². The fourth-order valence-electron chi connectivity index (χ4n) is 4.39. The van der Waals surface area contributed by atoms with Gasteiger partial charge in [0.25, 0.3) is 0 Å². The maximum Gasteiger partial charge on any atom is 0.239 e. The average Bonchev–Trinajstić information content (AvgIpc) is 3.40. The summed E-state index contributed by atoms with van der Waals surface area (Å²) in [7, 11) is 2.02. The lowest BCUT2D eigenvalue weighted by Crippen LogP contribution is -2.39. The summed E-state index contributed by atoms with van der Waals surface area (Å²) >= 11 is 0.